The molecule has 2 aliphatic carbocycles. The molecule has 0 radical (unpaired) electrons. The van der Waals surface area contributed by atoms with E-state index in [4.69, 9.17) is 19.5 Å². The number of phosphoric acid groups is 3. The number of aromatic nitrogens is 4. The van der Waals surface area contributed by atoms with Crippen molar-refractivity contribution in [2.45, 2.75) is 110 Å². The number of nitrogens with zero attached hydrogens (tertiary/aromatic N) is 4. The molecule has 3 aliphatic rings. The highest BCUT2D eigenvalue weighted by Gasteiger charge is 2.56. The van der Waals surface area contributed by atoms with Gasteiger partial charge in [0.1, 0.15) is 47.8 Å². The Morgan fingerprint density at radius 3 is 2.48 bits per heavy atom. The summed E-state index contributed by atoms with van der Waals surface area (Å²) in [6, 6.07) is 5.28. The Labute approximate surface area is 424 Å². The molecule has 26 nitrogen and oxygen atoms in total. The van der Waals surface area contributed by atoms with Gasteiger partial charge in [0.2, 0.25) is 11.8 Å². The van der Waals surface area contributed by atoms with Crippen molar-refractivity contribution in [3.05, 3.63) is 42.0 Å². The van der Waals surface area contributed by atoms with Crippen LogP contribution in [0.15, 0.2) is 30.9 Å². The number of nitrogens with two attached hydrogens (primary N) is 1. The predicted molar refractivity (Wildman–Crippen MR) is 259 cm³/mol. The number of hydrogen-bond donors (Lipinski definition) is 10. The lowest BCUT2D eigenvalue weighted by Crippen LogP contribution is -2.46. The fraction of sp³-hybridized carbons (Fsp3) is 0.651. The van der Waals surface area contributed by atoms with Crippen LogP contribution in [-0.2, 0) is 61.9 Å². The zero-order chi connectivity index (χ0) is 53.8. The van der Waals surface area contributed by atoms with Gasteiger partial charge in [-0.05, 0) is 79.5 Å². The molecule has 1 aliphatic heterocycles. The van der Waals surface area contributed by atoms with E-state index in [1.807, 2.05) is 19.9 Å². The topological polar surface area (TPSA) is 401 Å². The Balaban J connectivity index is 0.893. The number of hydrogen-bond acceptors (Lipinski definition) is 20. The third-order valence-corrected chi connectivity index (χ3v) is 18.2. The number of aryl methyl sites for hydroxylation is 2. The molecular formula is C43H64N7O19P3S. The number of phenols is 1. The molecule has 3 aromatic rings. The number of carbonyl (C=O) groups is 4. The van der Waals surface area contributed by atoms with E-state index < -0.39 is 84.6 Å². The number of nitrogens with one attached hydrogen (secondary N) is 2. The third-order valence-electron chi connectivity index (χ3n) is 14.1. The first-order chi connectivity index (χ1) is 34.0. The smallest absolute Gasteiger partial charge is 0.481 e. The Hall–Kier alpha value is -3.75. The van der Waals surface area contributed by atoms with Crippen molar-refractivity contribution in [3.63, 3.8) is 0 Å². The lowest BCUT2D eigenvalue weighted by molar-refractivity contribution is -0.137. The van der Waals surface area contributed by atoms with Crippen LogP contribution in [0.3, 0.4) is 0 Å². The molecule has 2 amide bonds. The lowest BCUT2D eigenvalue weighted by atomic mass is 9.58. The maximum Gasteiger partial charge on any atom is 0.481 e. The number of carbonyl (C=O) groups excluding carboxylic acids is 4. The number of phosphoric ester groups is 3. The molecule has 3 fully saturated rings. The molecule has 3 heterocycles. The third kappa shape index (κ3) is 14.6. The minimum atomic E-state index is -5.60. The molecular weight excluding hydrogens is 1040 g/mol. The van der Waals surface area contributed by atoms with Crippen molar-refractivity contribution >= 4 is 74.9 Å². The number of phenolic OH excluding ortho intramolecular Hbond substituents is 1. The lowest BCUT2D eigenvalue weighted by Gasteiger charge is -2.45. The number of thioether (sulfide) groups is 1. The standard InChI is InChI=1S/C43H64N7O19P3S/c1-23-6-8-26(51)18-25(23)7-9-27-29-11-10-28(43(29,5)14-12-30(27)52)24(2)41(57)73-17-16-45-32(53)13-15-46-39(56)36(55)42(3,4)20-66-72(63,64)69-71(61,62)65-19-31-35(68-70(58,59)60)34(54)40(67-31)50-22-49-33-37(44)47-21-48-38(33)50/h6,8,18,21-22,24,27-29,31,34-36,40,51,54-55H,7,9-17,19-20H2,1-5H3,(H,45,53)(H,46,56)(H,61,62)(H,63,64)(H2,44,47,48)(H2,58,59,60)/t24-,27-,28+,29-,31+,34+,35+,36-,40+,43+/m0/s1. The number of nitrogen functional groups attached to an aromatic ring is 1. The number of benzene rings is 1. The SMILES string of the molecule is Cc1ccc(O)cc1CC[C@@H]1C(=O)CC[C@]2(C)[C@@H]([C@H](C)C(=O)SCCNC(=O)CCNC(=O)[C@H](O)C(C)(C)COP(=O)(O)OP(=O)(O)OC[C@H]3O[C@@H](n4cnc5c(N)ncnc54)[C@H](O)[C@@H]3OP(=O)(O)O)CC[C@@H]12. The maximum atomic E-state index is 13.4. The molecule has 0 spiro atoms. The summed E-state index contributed by atoms with van der Waals surface area (Å²) in [5.41, 5.74) is 6.16. The van der Waals surface area contributed by atoms with Gasteiger partial charge >= 0.3 is 23.5 Å². The molecule has 73 heavy (non-hydrogen) atoms. The number of fused-ring (bicyclic) bond motifs is 2. The minimum Gasteiger partial charge on any atom is -0.508 e. The van der Waals surface area contributed by atoms with Crippen molar-refractivity contribution in [2.24, 2.45) is 34.5 Å². The number of Topliss-reactive ketones (excluding diaryl/α,β-unsaturated/α-hetero) is 1. The number of ketones is 1. The van der Waals surface area contributed by atoms with Crippen LogP contribution in [0.2, 0.25) is 0 Å². The van der Waals surface area contributed by atoms with E-state index in [1.54, 1.807) is 12.1 Å². The number of anilines is 1. The normalized spacial score (nSPS) is 26.9. The van der Waals surface area contributed by atoms with Gasteiger partial charge < -0.3 is 56.0 Å². The quantitative estimate of drug-likeness (QED) is 0.0455. The van der Waals surface area contributed by atoms with Gasteiger partial charge in [-0.1, -0.05) is 45.5 Å². The highest BCUT2D eigenvalue weighted by Crippen LogP contribution is 2.62. The Morgan fingerprint density at radius 1 is 1.05 bits per heavy atom. The summed E-state index contributed by atoms with van der Waals surface area (Å²) in [5.74, 6) is -0.842. The summed E-state index contributed by atoms with van der Waals surface area (Å²) >= 11 is 1.12. The molecule has 2 saturated carbocycles. The maximum absolute atomic E-state index is 13.4. The van der Waals surface area contributed by atoms with Crippen LogP contribution in [0.5, 0.6) is 5.75 Å². The van der Waals surface area contributed by atoms with E-state index in [0.29, 0.717) is 25.0 Å². The first-order valence-electron chi connectivity index (χ1n) is 23.4. The summed E-state index contributed by atoms with van der Waals surface area (Å²) in [7, 11) is -16.5. The monoisotopic (exact) mass is 1110 g/mol. The summed E-state index contributed by atoms with van der Waals surface area (Å²) in [5, 5.41) is 36.8. The molecule has 6 rings (SSSR count). The van der Waals surface area contributed by atoms with Crippen molar-refractivity contribution in [1.82, 2.24) is 30.2 Å². The number of aliphatic hydroxyl groups is 2. The van der Waals surface area contributed by atoms with E-state index in [-0.39, 0.29) is 82.2 Å². The van der Waals surface area contributed by atoms with Gasteiger partial charge in [0.05, 0.1) is 19.5 Å². The van der Waals surface area contributed by atoms with Crippen molar-refractivity contribution < 1.29 is 90.4 Å². The van der Waals surface area contributed by atoms with Crippen LogP contribution in [-0.4, -0.2) is 134 Å². The minimum absolute atomic E-state index is 0.00175. The number of ether oxygens (including phenoxy) is 1. The number of aromatic hydroxyl groups is 1. The summed E-state index contributed by atoms with van der Waals surface area (Å²) in [6.45, 7) is 6.52. The molecule has 406 valence electrons. The van der Waals surface area contributed by atoms with Gasteiger partial charge in [-0.15, -0.1) is 0 Å². The van der Waals surface area contributed by atoms with Gasteiger partial charge in [0, 0.05) is 48.9 Å². The second kappa shape index (κ2) is 23.6. The molecule has 2 unspecified atom stereocenters. The number of imidazole rings is 1. The van der Waals surface area contributed by atoms with E-state index in [1.165, 1.54) is 13.8 Å². The van der Waals surface area contributed by atoms with E-state index in [2.05, 4.69) is 41.3 Å². The van der Waals surface area contributed by atoms with Crippen LogP contribution in [0.4, 0.5) is 5.82 Å². The Kier molecular flexibility index (Phi) is 19.0. The van der Waals surface area contributed by atoms with Gasteiger partial charge in [-0.2, -0.15) is 4.31 Å². The number of amides is 2. The zero-order valence-electron chi connectivity index (χ0n) is 40.7. The first-order valence-corrected chi connectivity index (χ1v) is 28.9. The number of aliphatic hydroxyl groups excluding tert-OH is 2. The fourth-order valence-corrected chi connectivity index (χ4v) is 13.8. The first kappa shape index (κ1) is 58.5. The molecule has 12 atom stereocenters. The van der Waals surface area contributed by atoms with Crippen LogP contribution < -0.4 is 16.4 Å². The van der Waals surface area contributed by atoms with Gasteiger partial charge in [-0.25, -0.2) is 28.6 Å². The average Bonchev–Trinajstić information content (AvgIpc) is 3.99. The second-order valence-corrected chi connectivity index (χ2v) is 24.9. The molecule has 1 aromatic carbocycles. The molecule has 30 heteroatoms. The van der Waals surface area contributed by atoms with E-state index >= 15 is 0 Å². The second-order valence-electron chi connectivity index (χ2n) is 19.5. The Morgan fingerprint density at radius 2 is 1.77 bits per heavy atom. The zero-order valence-corrected chi connectivity index (χ0v) is 44.2. The number of rotatable bonds is 24. The van der Waals surface area contributed by atoms with Crippen molar-refractivity contribution in [1.29, 1.82) is 0 Å². The fourth-order valence-electron chi connectivity index (χ4n) is 10.1. The predicted octanol–water partition coefficient (Wildman–Crippen LogP) is 2.96. The largest absolute Gasteiger partial charge is 0.508 e. The molecule has 0 bridgehead atoms. The summed E-state index contributed by atoms with van der Waals surface area (Å²) < 4.78 is 62.7. The molecule has 11 N–H and O–H groups in total. The van der Waals surface area contributed by atoms with Gasteiger partial charge in [0.25, 0.3) is 0 Å². The van der Waals surface area contributed by atoms with Crippen molar-refractivity contribution in [2.75, 3.05) is 37.8 Å². The summed E-state index contributed by atoms with van der Waals surface area (Å²) in [4.78, 5) is 103. The van der Waals surface area contributed by atoms with E-state index in [9.17, 15) is 67.8 Å². The van der Waals surface area contributed by atoms with Gasteiger partial charge in [0.15, 0.2) is 22.8 Å². The summed E-state index contributed by atoms with van der Waals surface area (Å²) in [6.07, 6.45) is -2.76. The van der Waals surface area contributed by atoms with E-state index in [0.717, 1.165) is 59.4 Å². The Bertz CT molecular complexity index is 2660. The van der Waals surface area contributed by atoms with Crippen LogP contribution in [0.1, 0.15) is 83.6 Å². The highest BCUT2D eigenvalue weighted by atomic mass is 32.2. The van der Waals surface area contributed by atoms with Crippen LogP contribution >= 0.6 is 35.2 Å². The average molecular weight is 1110 g/mol. The molecule has 2 aromatic heterocycles. The van der Waals surface area contributed by atoms with Crippen LogP contribution in [0, 0.1) is 41.4 Å². The molecule has 1 saturated heterocycles. The van der Waals surface area contributed by atoms with Crippen molar-refractivity contribution in [3.8, 4) is 5.75 Å². The van der Waals surface area contributed by atoms with Gasteiger partial charge in [-0.3, -0.25) is 37.3 Å². The highest BCUT2D eigenvalue weighted by molar-refractivity contribution is 8.13. The van der Waals surface area contributed by atoms with Crippen LogP contribution in [0.25, 0.3) is 11.2 Å².